The van der Waals surface area contributed by atoms with Crippen molar-refractivity contribution < 1.29 is 13.2 Å². The molecule has 0 aliphatic carbocycles. The van der Waals surface area contributed by atoms with Crippen LogP contribution in [-0.2, 0) is 9.84 Å². The average Bonchev–Trinajstić information content (AvgIpc) is 2.06. The Morgan fingerprint density at radius 2 is 2.23 bits per heavy atom. The lowest BCUT2D eigenvalue weighted by Gasteiger charge is -2.16. The van der Waals surface area contributed by atoms with Crippen LogP contribution < -0.4 is 4.74 Å². The van der Waals surface area contributed by atoms with E-state index in [0.29, 0.717) is 11.4 Å². The van der Waals surface area contributed by atoms with E-state index in [9.17, 15) is 8.42 Å². The highest BCUT2D eigenvalue weighted by Gasteiger charge is 2.26. The Kier molecular flexibility index (Phi) is 1.76. The first-order valence-electron chi connectivity index (χ1n) is 3.93. The molecule has 1 aliphatic heterocycles. The summed E-state index contributed by atoms with van der Waals surface area (Å²) in [6.07, 6.45) is 0. The molecule has 0 aromatic carbocycles. The standard InChI is InChI=1S/C8H9NO3S/c1-6-2-3-7-8(9-6)13(10,11)5-4-12-7/h2-3H,4-5H2,1H3. The summed E-state index contributed by atoms with van der Waals surface area (Å²) in [5.74, 6) is 0.396. The molecular weight excluding hydrogens is 190 g/mol. The van der Waals surface area contributed by atoms with Crippen LogP contribution in [0, 0.1) is 6.92 Å². The van der Waals surface area contributed by atoms with Crippen LogP contribution in [0.1, 0.15) is 5.69 Å². The molecule has 0 fully saturated rings. The number of fused-ring (bicyclic) bond motifs is 1. The van der Waals surface area contributed by atoms with Gasteiger partial charge in [-0.15, -0.1) is 0 Å². The van der Waals surface area contributed by atoms with Crippen molar-refractivity contribution in [1.82, 2.24) is 4.98 Å². The maximum absolute atomic E-state index is 11.5. The lowest BCUT2D eigenvalue weighted by Crippen LogP contribution is -2.22. The number of nitrogens with zero attached hydrogens (tertiary/aromatic N) is 1. The van der Waals surface area contributed by atoms with Crippen molar-refractivity contribution in [3.05, 3.63) is 17.8 Å². The normalized spacial score (nSPS) is 18.8. The third-order valence-electron chi connectivity index (χ3n) is 1.87. The highest BCUT2D eigenvalue weighted by Crippen LogP contribution is 2.26. The van der Waals surface area contributed by atoms with Crippen molar-refractivity contribution >= 4 is 9.84 Å². The molecule has 0 saturated heterocycles. The van der Waals surface area contributed by atoms with Crippen molar-refractivity contribution in [2.45, 2.75) is 11.9 Å². The molecule has 13 heavy (non-hydrogen) atoms. The summed E-state index contributed by atoms with van der Waals surface area (Å²) in [6, 6.07) is 3.38. The van der Waals surface area contributed by atoms with Crippen LogP contribution in [0.5, 0.6) is 5.75 Å². The molecule has 0 N–H and O–H groups in total. The molecule has 0 saturated carbocycles. The minimum Gasteiger partial charge on any atom is -0.489 e. The Morgan fingerprint density at radius 3 is 3.00 bits per heavy atom. The van der Waals surface area contributed by atoms with E-state index < -0.39 is 9.84 Å². The van der Waals surface area contributed by atoms with E-state index in [1.165, 1.54) is 0 Å². The zero-order valence-corrected chi connectivity index (χ0v) is 7.97. The number of ether oxygens (including phenoxy) is 1. The molecule has 0 unspecified atom stereocenters. The summed E-state index contributed by atoms with van der Waals surface area (Å²) < 4.78 is 28.1. The Morgan fingerprint density at radius 1 is 1.46 bits per heavy atom. The van der Waals surface area contributed by atoms with Gasteiger partial charge >= 0.3 is 0 Å². The molecule has 1 aromatic heterocycles. The molecule has 0 radical (unpaired) electrons. The summed E-state index contributed by atoms with van der Waals surface area (Å²) in [4.78, 5) is 3.95. The topological polar surface area (TPSA) is 56.3 Å². The van der Waals surface area contributed by atoms with Crippen LogP contribution in [0.2, 0.25) is 0 Å². The van der Waals surface area contributed by atoms with Crippen molar-refractivity contribution in [1.29, 1.82) is 0 Å². The fourth-order valence-electron chi connectivity index (χ4n) is 1.21. The number of aryl methyl sites for hydroxylation is 1. The van der Waals surface area contributed by atoms with Gasteiger partial charge in [0.25, 0.3) is 0 Å². The van der Waals surface area contributed by atoms with Crippen LogP contribution in [0.25, 0.3) is 0 Å². The van der Waals surface area contributed by atoms with Gasteiger partial charge in [0.1, 0.15) is 6.61 Å². The smallest absolute Gasteiger partial charge is 0.202 e. The number of rotatable bonds is 0. The van der Waals surface area contributed by atoms with E-state index in [2.05, 4.69) is 4.98 Å². The van der Waals surface area contributed by atoms with Crippen LogP contribution in [-0.4, -0.2) is 25.8 Å². The molecule has 0 bridgehead atoms. The predicted octanol–water partition coefficient (Wildman–Crippen LogP) is 0.556. The van der Waals surface area contributed by atoms with Gasteiger partial charge in [0.2, 0.25) is 9.84 Å². The van der Waals surface area contributed by atoms with Gasteiger partial charge in [-0.25, -0.2) is 13.4 Å². The number of hydrogen-bond donors (Lipinski definition) is 0. The zero-order valence-electron chi connectivity index (χ0n) is 7.15. The minimum atomic E-state index is -3.20. The van der Waals surface area contributed by atoms with Crippen molar-refractivity contribution in [2.75, 3.05) is 12.4 Å². The van der Waals surface area contributed by atoms with Gasteiger partial charge in [0, 0.05) is 5.69 Å². The molecule has 1 aromatic rings. The maximum Gasteiger partial charge on any atom is 0.202 e. The Labute approximate surface area is 76.5 Å². The summed E-state index contributed by atoms with van der Waals surface area (Å²) in [5.41, 5.74) is 0.688. The molecule has 0 spiro atoms. The first kappa shape index (κ1) is 8.50. The van der Waals surface area contributed by atoms with E-state index in [4.69, 9.17) is 4.74 Å². The lowest BCUT2D eigenvalue weighted by atomic mass is 10.4. The average molecular weight is 199 g/mol. The van der Waals surface area contributed by atoms with Crippen molar-refractivity contribution in [3.63, 3.8) is 0 Å². The predicted molar refractivity (Wildman–Crippen MR) is 46.5 cm³/mol. The van der Waals surface area contributed by atoms with Crippen LogP contribution in [0.15, 0.2) is 17.2 Å². The third kappa shape index (κ3) is 1.39. The molecule has 2 rings (SSSR count). The zero-order chi connectivity index (χ0) is 9.47. The molecule has 5 heteroatoms. The summed E-state index contributed by atoms with van der Waals surface area (Å²) in [7, 11) is -3.20. The quantitative estimate of drug-likeness (QED) is 0.612. The summed E-state index contributed by atoms with van der Waals surface area (Å²) >= 11 is 0. The molecule has 0 atom stereocenters. The Bertz CT molecular complexity index is 439. The third-order valence-corrected chi connectivity index (χ3v) is 3.45. The minimum absolute atomic E-state index is 0.0243. The Balaban J connectivity index is 2.68. The van der Waals surface area contributed by atoms with Gasteiger partial charge in [-0.2, -0.15) is 0 Å². The van der Waals surface area contributed by atoms with Crippen molar-refractivity contribution in [2.24, 2.45) is 0 Å². The van der Waals surface area contributed by atoms with Crippen molar-refractivity contribution in [3.8, 4) is 5.75 Å². The van der Waals surface area contributed by atoms with Gasteiger partial charge in [0.05, 0.1) is 5.75 Å². The van der Waals surface area contributed by atoms with E-state index in [1.54, 1.807) is 19.1 Å². The highest BCUT2D eigenvalue weighted by molar-refractivity contribution is 7.91. The highest BCUT2D eigenvalue weighted by atomic mass is 32.2. The first-order chi connectivity index (χ1) is 6.09. The van der Waals surface area contributed by atoms with E-state index >= 15 is 0 Å². The molecule has 4 nitrogen and oxygen atoms in total. The fraction of sp³-hybridized carbons (Fsp3) is 0.375. The summed E-state index contributed by atoms with van der Waals surface area (Å²) in [6.45, 7) is 1.98. The van der Waals surface area contributed by atoms with E-state index in [0.717, 1.165) is 0 Å². The van der Waals surface area contributed by atoms with Gasteiger partial charge in [-0.05, 0) is 19.1 Å². The van der Waals surface area contributed by atoms with Gasteiger partial charge in [0.15, 0.2) is 10.8 Å². The second-order valence-corrected chi connectivity index (χ2v) is 4.95. The van der Waals surface area contributed by atoms with E-state index in [1.807, 2.05) is 0 Å². The SMILES string of the molecule is Cc1ccc2c(n1)S(=O)(=O)CCO2. The second-order valence-electron chi connectivity index (χ2n) is 2.92. The van der Waals surface area contributed by atoms with Crippen LogP contribution in [0.4, 0.5) is 0 Å². The van der Waals surface area contributed by atoms with E-state index in [-0.39, 0.29) is 17.4 Å². The number of sulfone groups is 1. The van der Waals surface area contributed by atoms with Crippen LogP contribution in [0.3, 0.4) is 0 Å². The molecular formula is C8H9NO3S. The molecule has 0 amide bonds. The molecule has 1 aliphatic rings. The maximum atomic E-state index is 11.5. The largest absolute Gasteiger partial charge is 0.489 e. The van der Waals surface area contributed by atoms with Crippen LogP contribution >= 0.6 is 0 Å². The number of hydrogen-bond acceptors (Lipinski definition) is 4. The Hall–Kier alpha value is -1.10. The summed E-state index contributed by atoms with van der Waals surface area (Å²) in [5, 5.41) is 0.0822. The van der Waals surface area contributed by atoms with Gasteiger partial charge < -0.3 is 4.74 Å². The fourth-order valence-corrected chi connectivity index (χ4v) is 2.42. The van der Waals surface area contributed by atoms with Gasteiger partial charge in [-0.1, -0.05) is 0 Å². The molecule has 2 heterocycles. The monoisotopic (exact) mass is 199 g/mol. The number of pyridine rings is 1. The van der Waals surface area contributed by atoms with Gasteiger partial charge in [-0.3, -0.25) is 0 Å². The first-order valence-corrected chi connectivity index (χ1v) is 5.58. The number of aromatic nitrogens is 1. The lowest BCUT2D eigenvalue weighted by molar-refractivity contribution is 0.318. The second kappa shape index (κ2) is 2.70. The molecule has 70 valence electrons.